The van der Waals surface area contributed by atoms with Crippen molar-refractivity contribution in [2.75, 3.05) is 6.35 Å². The molecule has 3 amide bonds. The molecule has 0 bridgehead atoms. The highest BCUT2D eigenvalue weighted by atomic mass is 31.2. The molecule has 7 rings (SSSR count). The maximum absolute atomic E-state index is 14.9. The van der Waals surface area contributed by atoms with Crippen LogP contribution in [0.15, 0.2) is 170 Å². The summed E-state index contributed by atoms with van der Waals surface area (Å²) in [6, 6.07) is 51.8. The summed E-state index contributed by atoms with van der Waals surface area (Å²) in [5.41, 5.74) is 11.3. The molecule has 0 aliphatic carbocycles. The summed E-state index contributed by atoms with van der Waals surface area (Å²) in [5, 5.41) is 12.4. The van der Waals surface area contributed by atoms with Crippen LogP contribution in [0.3, 0.4) is 0 Å². The number of aliphatic hydroxyl groups excluding tert-OH is 1. The van der Waals surface area contributed by atoms with Crippen molar-refractivity contribution in [2.24, 2.45) is 5.73 Å². The van der Waals surface area contributed by atoms with Gasteiger partial charge in [-0.15, -0.1) is 0 Å². The second-order valence-corrected chi connectivity index (χ2v) is 17.0. The van der Waals surface area contributed by atoms with Gasteiger partial charge in [-0.25, -0.2) is 4.79 Å². The summed E-state index contributed by atoms with van der Waals surface area (Å²) in [6.07, 6.45) is 0.427. The number of ether oxygens (including phenoxy) is 1. The molecule has 6 aromatic carbocycles. The van der Waals surface area contributed by atoms with Gasteiger partial charge in [0.15, 0.2) is 6.35 Å². The zero-order valence-electron chi connectivity index (χ0n) is 33.4. The Bertz CT molecular complexity index is 2290. The summed E-state index contributed by atoms with van der Waals surface area (Å²) < 4.78 is 31.9. The molecule has 1 heterocycles. The van der Waals surface area contributed by atoms with Gasteiger partial charge in [-0.05, 0) is 76.9 Å². The molecule has 1 aliphatic rings. The predicted molar refractivity (Wildman–Crippen MR) is 232 cm³/mol. The summed E-state index contributed by atoms with van der Waals surface area (Å²) in [5.74, 6) is -0.102. The molecule has 308 valence electrons. The molecular formula is C49H50N3O7P. The molecule has 60 heavy (non-hydrogen) atoms. The first kappa shape index (κ1) is 42.1. The lowest BCUT2D eigenvalue weighted by Crippen LogP contribution is -2.66. The van der Waals surface area contributed by atoms with Crippen molar-refractivity contribution in [1.29, 1.82) is 0 Å². The van der Waals surface area contributed by atoms with Gasteiger partial charge in [-0.3, -0.25) is 9.36 Å². The summed E-state index contributed by atoms with van der Waals surface area (Å²) >= 11 is 0. The van der Waals surface area contributed by atoms with E-state index in [-0.39, 0.29) is 38.7 Å². The monoisotopic (exact) mass is 823 g/mol. The highest BCUT2D eigenvalue weighted by molar-refractivity contribution is 7.53. The lowest BCUT2D eigenvalue weighted by atomic mass is 9.88. The van der Waals surface area contributed by atoms with E-state index in [9.17, 15) is 19.3 Å². The summed E-state index contributed by atoms with van der Waals surface area (Å²) in [4.78, 5) is 30.5. The third kappa shape index (κ3) is 11.4. The fraction of sp³-hybridized carbons (Fsp3) is 0.224. The number of carbonyl (C=O) groups excluding carboxylic acids is 2. The van der Waals surface area contributed by atoms with E-state index in [1.807, 2.05) is 140 Å². The molecule has 1 aliphatic heterocycles. The normalized spacial score (nSPS) is 16.8. The minimum absolute atomic E-state index is 0.0930. The van der Waals surface area contributed by atoms with E-state index in [1.54, 1.807) is 40.1 Å². The molecule has 1 saturated heterocycles. The quantitative estimate of drug-likeness (QED) is 0.0779. The Kier molecular flexibility index (Phi) is 14.2. The Morgan fingerprint density at radius 2 is 1.10 bits per heavy atom. The highest BCUT2D eigenvalue weighted by Gasteiger charge is 2.45. The maximum Gasteiger partial charge on any atom is 0.368 e. The van der Waals surface area contributed by atoms with E-state index in [0.717, 1.165) is 33.4 Å². The SMILES string of the molecule is NC(=O)c1cccc(CN2C(=O)N(Cc3ccc(OCP(=O)(OCc4ccccc4)OCc4ccccc4)cc3)C(Cc3ccccc3)C(O)C2CCc2ccccc2)c1. The van der Waals surface area contributed by atoms with Gasteiger partial charge in [0.05, 0.1) is 31.4 Å². The molecule has 3 atom stereocenters. The Morgan fingerprint density at radius 3 is 1.67 bits per heavy atom. The van der Waals surface area contributed by atoms with Crippen LogP contribution in [0.4, 0.5) is 4.79 Å². The average molecular weight is 824 g/mol. The fourth-order valence-corrected chi connectivity index (χ4v) is 8.71. The van der Waals surface area contributed by atoms with Gasteiger partial charge in [0.25, 0.3) is 0 Å². The van der Waals surface area contributed by atoms with Crippen LogP contribution in [0, 0.1) is 0 Å². The number of nitrogens with zero attached hydrogens (tertiary/aromatic N) is 2. The Balaban J connectivity index is 1.11. The van der Waals surface area contributed by atoms with Crippen LogP contribution in [-0.2, 0) is 52.8 Å². The molecule has 0 aromatic heterocycles. The van der Waals surface area contributed by atoms with Crippen molar-refractivity contribution in [2.45, 2.75) is 63.8 Å². The lowest BCUT2D eigenvalue weighted by molar-refractivity contribution is -0.0453. The Labute approximate surface area is 351 Å². The van der Waals surface area contributed by atoms with Crippen LogP contribution >= 0.6 is 7.60 Å². The van der Waals surface area contributed by atoms with Gasteiger partial charge in [-0.2, -0.15) is 0 Å². The number of primary amides is 1. The molecule has 0 spiro atoms. The van der Waals surface area contributed by atoms with E-state index in [4.69, 9.17) is 19.5 Å². The van der Waals surface area contributed by atoms with Crippen LogP contribution < -0.4 is 10.5 Å². The number of aliphatic hydroxyl groups is 1. The number of nitrogens with two attached hydrogens (primary N) is 1. The molecule has 3 unspecified atom stereocenters. The lowest BCUT2D eigenvalue weighted by Gasteiger charge is -2.49. The van der Waals surface area contributed by atoms with E-state index in [0.29, 0.717) is 30.6 Å². The zero-order chi connectivity index (χ0) is 41.7. The van der Waals surface area contributed by atoms with Gasteiger partial charge in [0, 0.05) is 18.7 Å². The summed E-state index contributed by atoms with van der Waals surface area (Å²) in [6.45, 7) is 0.567. The first-order chi connectivity index (χ1) is 29.2. The molecule has 0 radical (unpaired) electrons. The predicted octanol–water partition coefficient (Wildman–Crippen LogP) is 9.16. The zero-order valence-corrected chi connectivity index (χ0v) is 34.3. The van der Waals surface area contributed by atoms with Crippen molar-refractivity contribution in [3.05, 3.63) is 209 Å². The number of hydrogen-bond donors (Lipinski definition) is 2. The smallest absolute Gasteiger partial charge is 0.368 e. The second-order valence-electron chi connectivity index (χ2n) is 15.0. The van der Waals surface area contributed by atoms with Crippen LogP contribution in [0.1, 0.15) is 50.2 Å². The van der Waals surface area contributed by atoms with Gasteiger partial charge in [0.2, 0.25) is 5.91 Å². The molecule has 1 fully saturated rings. The van der Waals surface area contributed by atoms with Crippen LogP contribution in [0.25, 0.3) is 0 Å². The van der Waals surface area contributed by atoms with Crippen molar-refractivity contribution in [3.63, 3.8) is 0 Å². The average Bonchev–Trinajstić information content (AvgIpc) is 3.29. The van der Waals surface area contributed by atoms with E-state index < -0.39 is 31.7 Å². The number of hydrogen-bond acceptors (Lipinski definition) is 7. The number of amides is 3. The van der Waals surface area contributed by atoms with E-state index in [2.05, 4.69) is 0 Å². The number of urea groups is 1. The van der Waals surface area contributed by atoms with Crippen molar-refractivity contribution >= 4 is 19.5 Å². The molecule has 6 aromatic rings. The maximum atomic E-state index is 14.9. The standard InChI is InChI=1S/C49H50N3O7P/c50-48(54)43-23-13-22-42(30-43)33-51-45(29-26-37-14-5-1-6-15-37)47(53)46(31-38-16-7-2-8-17-38)52(49(51)55)32-39-24-27-44(28-25-39)57-36-60(56,58-34-40-18-9-3-10-19-40)59-35-41-20-11-4-12-21-41/h1-25,27-28,30,45-47,53H,26,29,31-36H2,(H2,50,54). The van der Waals surface area contributed by atoms with E-state index in [1.165, 1.54) is 0 Å². The van der Waals surface area contributed by atoms with Crippen LogP contribution in [-0.4, -0.2) is 51.4 Å². The molecule has 10 nitrogen and oxygen atoms in total. The minimum atomic E-state index is -3.72. The number of carbonyl (C=O) groups is 2. The van der Waals surface area contributed by atoms with Crippen LogP contribution in [0.2, 0.25) is 0 Å². The number of aryl methyl sites for hydroxylation is 1. The first-order valence-electron chi connectivity index (χ1n) is 20.1. The van der Waals surface area contributed by atoms with Gasteiger partial charge in [-0.1, -0.05) is 146 Å². The molecular weight excluding hydrogens is 774 g/mol. The van der Waals surface area contributed by atoms with Gasteiger partial charge < -0.3 is 34.4 Å². The van der Waals surface area contributed by atoms with Crippen molar-refractivity contribution < 1.29 is 33.0 Å². The summed E-state index contributed by atoms with van der Waals surface area (Å²) in [7, 11) is -3.72. The largest absolute Gasteiger partial charge is 0.481 e. The second kappa shape index (κ2) is 20.3. The van der Waals surface area contributed by atoms with E-state index >= 15 is 0 Å². The number of rotatable bonds is 19. The minimum Gasteiger partial charge on any atom is -0.481 e. The highest BCUT2D eigenvalue weighted by Crippen LogP contribution is 2.50. The fourth-order valence-electron chi connectivity index (χ4n) is 7.48. The third-order valence-electron chi connectivity index (χ3n) is 10.7. The van der Waals surface area contributed by atoms with Gasteiger partial charge >= 0.3 is 13.6 Å². The third-order valence-corrected chi connectivity index (χ3v) is 12.2. The molecule has 3 N–H and O–H groups in total. The first-order valence-corrected chi connectivity index (χ1v) is 21.9. The van der Waals surface area contributed by atoms with Crippen molar-refractivity contribution in [3.8, 4) is 5.75 Å². The molecule has 0 saturated carbocycles. The van der Waals surface area contributed by atoms with Gasteiger partial charge in [0.1, 0.15) is 5.75 Å². The van der Waals surface area contributed by atoms with Crippen molar-refractivity contribution in [1.82, 2.24) is 9.80 Å². The molecule has 11 heteroatoms. The topological polar surface area (TPSA) is 132 Å². The number of benzene rings is 6. The van der Waals surface area contributed by atoms with Crippen LogP contribution in [0.5, 0.6) is 5.75 Å². The Hall–Kier alpha value is -6.03. The Morgan fingerprint density at radius 1 is 0.600 bits per heavy atom.